The van der Waals surface area contributed by atoms with Gasteiger partial charge in [-0.05, 0) is 19.1 Å². The molecule has 4 nitrogen and oxygen atoms in total. The van der Waals surface area contributed by atoms with E-state index in [-0.39, 0.29) is 0 Å². The summed E-state index contributed by atoms with van der Waals surface area (Å²) in [4.78, 5) is 9.43. The molecule has 0 amide bonds. The largest absolute Gasteiger partial charge is 0.369 e. The molecule has 0 atom stereocenters. The SMILES string of the molecule is Cc1cc(NCCSc2ccccc2)nc(N)n1. The van der Waals surface area contributed by atoms with E-state index < -0.39 is 0 Å². The van der Waals surface area contributed by atoms with Crippen molar-refractivity contribution >= 4 is 23.5 Å². The summed E-state index contributed by atoms with van der Waals surface area (Å²) >= 11 is 1.81. The zero-order valence-corrected chi connectivity index (χ0v) is 11.1. The van der Waals surface area contributed by atoms with Crippen molar-refractivity contribution in [2.24, 2.45) is 0 Å². The van der Waals surface area contributed by atoms with Gasteiger partial charge in [0.1, 0.15) is 5.82 Å². The minimum Gasteiger partial charge on any atom is -0.369 e. The van der Waals surface area contributed by atoms with Crippen LogP contribution in [-0.4, -0.2) is 22.3 Å². The van der Waals surface area contributed by atoms with Crippen LogP contribution in [0.3, 0.4) is 0 Å². The number of aryl methyl sites for hydroxylation is 1. The number of hydrogen-bond acceptors (Lipinski definition) is 5. The van der Waals surface area contributed by atoms with Crippen LogP contribution < -0.4 is 11.1 Å². The Morgan fingerprint density at radius 2 is 2.00 bits per heavy atom. The molecule has 0 saturated heterocycles. The Bertz CT molecular complexity index is 481. The molecular formula is C13H16N4S. The van der Waals surface area contributed by atoms with Crippen molar-refractivity contribution in [3.63, 3.8) is 0 Å². The standard InChI is InChI=1S/C13H16N4S/c1-10-9-12(17-13(14)16-10)15-7-8-18-11-5-3-2-4-6-11/h2-6,9H,7-8H2,1H3,(H3,14,15,16,17). The van der Waals surface area contributed by atoms with E-state index in [1.165, 1.54) is 4.90 Å². The van der Waals surface area contributed by atoms with E-state index in [0.717, 1.165) is 23.8 Å². The molecule has 1 aromatic heterocycles. The first-order valence-electron chi connectivity index (χ1n) is 5.77. The van der Waals surface area contributed by atoms with E-state index in [9.17, 15) is 0 Å². The summed E-state index contributed by atoms with van der Waals surface area (Å²) in [7, 11) is 0. The average molecular weight is 260 g/mol. The van der Waals surface area contributed by atoms with Crippen LogP contribution in [0.2, 0.25) is 0 Å². The molecule has 0 unspecified atom stereocenters. The number of thioether (sulfide) groups is 1. The summed E-state index contributed by atoms with van der Waals surface area (Å²) in [6, 6.07) is 12.2. The maximum atomic E-state index is 5.59. The lowest BCUT2D eigenvalue weighted by molar-refractivity contribution is 1.09. The van der Waals surface area contributed by atoms with Crippen molar-refractivity contribution in [2.45, 2.75) is 11.8 Å². The third kappa shape index (κ3) is 3.92. The second-order valence-corrected chi connectivity index (χ2v) is 5.01. The summed E-state index contributed by atoms with van der Waals surface area (Å²) in [5.74, 6) is 2.08. The van der Waals surface area contributed by atoms with E-state index in [1.54, 1.807) is 0 Å². The van der Waals surface area contributed by atoms with Crippen LogP contribution in [-0.2, 0) is 0 Å². The first-order chi connectivity index (χ1) is 8.74. The molecule has 1 heterocycles. The van der Waals surface area contributed by atoms with Gasteiger partial charge in [0.25, 0.3) is 0 Å². The molecule has 0 spiro atoms. The highest BCUT2D eigenvalue weighted by atomic mass is 32.2. The summed E-state index contributed by atoms with van der Waals surface area (Å²) in [5.41, 5.74) is 6.46. The molecule has 94 valence electrons. The number of aromatic nitrogens is 2. The second-order valence-electron chi connectivity index (χ2n) is 3.84. The zero-order valence-electron chi connectivity index (χ0n) is 10.3. The Labute approximate surface area is 111 Å². The van der Waals surface area contributed by atoms with E-state index in [2.05, 4.69) is 27.4 Å². The topological polar surface area (TPSA) is 63.8 Å². The lowest BCUT2D eigenvalue weighted by atomic mass is 10.4. The first kappa shape index (κ1) is 12.7. The van der Waals surface area contributed by atoms with Crippen molar-refractivity contribution in [3.8, 4) is 0 Å². The van der Waals surface area contributed by atoms with Gasteiger partial charge in [0.2, 0.25) is 5.95 Å². The Morgan fingerprint density at radius 3 is 2.72 bits per heavy atom. The molecule has 5 heteroatoms. The van der Waals surface area contributed by atoms with Gasteiger partial charge in [-0.15, -0.1) is 11.8 Å². The molecule has 0 aliphatic carbocycles. The fourth-order valence-electron chi connectivity index (χ4n) is 1.55. The molecule has 18 heavy (non-hydrogen) atoms. The van der Waals surface area contributed by atoms with Gasteiger partial charge in [0.05, 0.1) is 0 Å². The van der Waals surface area contributed by atoms with Crippen LogP contribution in [0, 0.1) is 6.92 Å². The monoisotopic (exact) mass is 260 g/mol. The molecule has 0 aliphatic heterocycles. The molecular weight excluding hydrogens is 244 g/mol. The van der Waals surface area contributed by atoms with Crippen LogP contribution in [0.4, 0.5) is 11.8 Å². The van der Waals surface area contributed by atoms with E-state index in [0.29, 0.717) is 5.95 Å². The Morgan fingerprint density at radius 1 is 1.22 bits per heavy atom. The molecule has 3 N–H and O–H groups in total. The fraction of sp³-hybridized carbons (Fsp3) is 0.231. The van der Waals surface area contributed by atoms with Crippen LogP contribution in [0.15, 0.2) is 41.3 Å². The predicted octanol–water partition coefficient (Wildman–Crippen LogP) is 2.57. The summed E-state index contributed by atoms with van der Waals surface area (Å²) in [5, 5.41) is 3.24. The molecule has 2 aromatic rings. The molecule has 0 radical (unpaired) electrons. The van der Waals surface area contributed by atoms with Crippen molar-refractivity contribution in [1.82, 2.24) is 9.97 Å². The van der Waals surface area contributed by atoms with Crippen LogP contribution in [0.5, 0.6) is 0 Å². The minimum atomic E-state index is 0.313. The summed E-state index contributed by atoms with van der Waals surface area (Å²) in [6.07, 6.45) is 0. The van der Waals surface area contributed by atoms with Crippen LogP contribution >= 0.6 is 11.8 Å². The number of anilines is 2. The minimum absolute atomic E-state index is 0.313. The predicted molar refractivity (Wildman–Crippen MR) is 76.8 cm³/mol. The van der Waals surface area contributed by atoms with Crippen LogP contribution in [0.1, 0.15) is 5.69 Å². The van der Waals surface area contributed by atoms with Gasteiger partial charge in [-0.3, -0.25) is 0 Å². The highest BCUT2D eigenvalue weighted by molar-refractivity contribution is 7.99. The molecule has 0 aliphatic rings. The lowest BCUT2D eigenvalue weighted by Gasteiger charge is -2.06. The Balaban J connectivity index is 1.78. The maximum absolute atomic E-state index is 5.59. The summed E-state index contributed by atoms with van der Waals surface area (Å²) < 4.78 is 0. The molecule has 0 saturated carbocycles. The van der Waals surface area contributed by atoms with Gasteiger partial charge in [0, 0.05) is 29.0 Å². The third-order valence-electron chi connectivity index (χ3n) is 2.29. The number of rotatable bonds is 5. The molecule has 1 aromatic carbocycles. The molecule has 2 rings (SSSR count). The normalized spacial score (nSPS) is 10.3. The zero-order chi connectivity index (χ0) is 12.8. The van der Waals surface area contributed by atoms with Gasteiger partial charge >= 0.3 is 0 Å². The highest BCUT2D eigenvalue weighted by Gasteiger charge is 1.98. The van der Waals surface area contributed by atoms with Gasteiger partial charge in [0.15, 0.2) is 0 Å². The van der Waals surface area contributed by atoms with Crippen molar-refractivity contribution in [1.29, 1.82) is 0 Å². The van der Waals surface area contributed by atoms with Crippen LogP contribution in [0.25, 0.3) is 0 Å². The average Bonchev–Trinajstić information content (AvgIpc) is 2.35. The van der Waals surface area contributed by atoms with Gasteiger partial charge in [-0.25, -0.2) is 4.98 Å². The van der Waals surface area contributed by atoms with E-state index in [4.69, 9.17) is 5.73 Å². The second kappa shape index (κ2) is 6.26. The first-order valence-corrected chi connectivity index (χ1v) is 6.75. The highest BCUT2D eigenvalue weighted by Crippen LogP contribution is 2.16. The number of hydrogen-bond donors (Lipinski definition) is 2. The summed E-state index contributed by atoms with van der Waals surface area (Å²) in [6.45, 7) is 2.75. The van der Waals surface area contributed by atoms with Gasteiger partial charge in [-0.2, -0.15) is 4.98 Å². The van der Waals surface area contributed by atoms with Gasteiger partial charge in [-0.1, -0.05) is 18.2 Å². The number of nitrogens with two attached hydrogens (primary N) is 1. The number of nitrogens with one attached hydrogen (secondary N) is 1. The fourth-order valence-corrected chi connectivity index (χ4v) is 2.34. The molecule has 0 bridgehead atoms. The maximum Gasteiger partial charge on any atom is 0.222 e. The van der Waals surface area contributed by atoms with Crippen molar-refractivity contribution in [2.75, 3.05) is 23.3 Å². The van der Waals surface area contributed by atoms with Crippen molar-refractivity contribution in [3.05, 3.63) is 42.1 Å². The van der Waals surface area contributed by atoms with E-state index >= 15 is 0 Å². The lowest BCUT2D eigenvalue weighted by Crippen LogP contribution is -2.08. The Hall–Kier alpha value is -1.75. The number of nitrogens with zero attached hydrogens (tertiary/aromatic N) is 2. The van der Waals surface area contributed by atoms with E-state index in [1.807, 2.05) is 43.0 Å². The van der Waals surface area contributed by atoms with Crippen molar-refractivity contribution < 1.29 is 0 Å². The molecule has 0 fully saturated rings. The number of benzene rings is 1. The smallest absolute Gasteiger partial charge is 0.222 e. The third-order valence-corrected chi connectivity index (χ3v) is 3.31. The Kier molecular flexibility index (Phi) is 4.41. The quantitative estimate of drug-likeness (QED) is 0.639. The van der Waals surface area contributed by atoms with Gasteiger partial charge < -0.3 is 11.1 Å². The number of nitrogen functional groups attached to an aromatic ring is 1.